The lowest BCUT2D eigenvalue weighted by Gasteiger charge is -2.24. The molecule has 1 aromatic heterocycles. The van der Waals surface area contributed by atoms with Gasteiger partial charge in [0.15, 0.2) is 0 Å². The number of hydrogen-bond donors (Lipinski definition) is 1. The van der Waals surface area contributed by atoms with Gasteiger partial charge < -0.3 is 19.7 Å². The van der Waals surface area contributed by atoms with Crippen molar-refractivity contribution in [2.75, 3.05) is 26.8 Å². The van der Waals surface area contributed by atoms with Crippen LogP contribution in [-0.4, -0.2) is 48.8 Å². The van der Waals surface area contributed by atoms with Gasteiger partial charge in [0.2, 0.25) is 0 Å². The summed E-state index contributed by atoms with van der Waals surface area (Å²) in [6.07, 6.45) is 4.08. The number of aromatic nitrogens is 1. The molecule has 7 heteroatoms. The van der Waals surface area contributed by atoms with Crippen LogP contribution in [0, 0.1) is 0 Å². The van der Waals surface area contributed by atoms with Crippen molar-refractivity contribution < 1.29 is 14.3 Å². The van der Waals surface area contributed by atoms with Crippen molar-refractivity contribution in [3.8, 4) is 16.3 Å². The second-order valence-electron chi connectivity index (χ2n) is 6.16. The van der Waals surface area contributed by atoms with Gasteiger partial charge in [0, 0.05) is 30.8 Å². The summed E-state index contributed by atoms with van der Waals surface area (Å²) in [5.74, 6) is 0.797. The van der Waals surface area contributed by atoms with Gasteiger partial charge in [-0.3, -0.25) is 0 Å². The number of urea groups is 1. The predicted octanol–water partition coefficient (Wildman–Crippen LogP) is 3.53. The minimum atomic E-state index is -0.0600. The van der Waals surface area contributed by atoms with E-state index < -0.39 is 0 Å². The molecule has 0 radical (unpaired) electrons. The standard InChI is InChI=1S/C19H25N3O3S/c1-3-22(13-14-7-6-10-25-14)19(23)21-12-15-11-20-18(26-15)16-8-4-5-9-17(16)24-2/h4-5,8-9,11,14H,3,6-7,10,12-13H2,1-2H3,(H,21,23). The van der Waals surface area contributed by atoms with Crippen LogP contribution in [0.2, 0.25) is 0 Å². The Bertz CT molecular complexity index is 728. The number of carbonyl (C=O) groups excluding carboxylic acids is 1. The van der Waals surface area contributed by atoms with E-state index in [0.29, 0.717) is 19.6 Å². The lowest BCUT2D eigenvalue weighted by Crippen LogP contribution is -2.43. The van der Waals surface area contributed by atoms with E-state index in [4.69, 9.17) is 9.47 Å². The zero-order valence-electron chi connectivity index (χ0n) is 15.2. The molecule has 3 rings (SSSR count). The van der Waals surface area contributed by atoms with E-state index in [1.807, 2.05) is 37.4 Å². The topological polar surface area (TPSA) is 63.7 Å². The fourth-order valence-corrected chi connectivity index (χ4v) is 3.88. The number of para-hydroxylation sites is 1. The van der Waals surface area contributed by atoms with Gasteiger partial charge in [-0.2, -0.15) is 0 Å². The van der Waals surface area contributed by atoms with Gasteiger partial charge in [-0.1, -0.05) is 12.1 Å². The van der Waals surface area contributed by atoms with Gasteiger partial charge in [0.05, 0.1) is 25.3 Å². The number of thiazole rings is 1. The first-order valence-electron chi connectivity index (χ1n) is 8.93. The minimum absolute atomic E-state index is 0.0600. The molecule has 2 aromatic rings. The molecule has 2 heterocycles. The molecule has 0 bridgehead atoms. The van der Waals surface area contributed by atoms with Gasteiger partial charge in [-0.15, -0.1) is 11.3 Å². The van der Waals surface area contributed by atoms with Crippen LogP contribution >= 0.6 is 11.3 Å². The van der Waals surface area contributed by atoms with Crippen molar-refractivity contribution in [3.05, 3.63) is 35.3 Å². The van der Waals surface area contributed by atoms with Crippen molar-refractivity contribution in [2.45, 2.75) is 32.4 Å². The summed E-state index contributed by atoms with van der Waals surface area (Å²) in [5, 5.41) is 3.88. The molecule has 26 heavy (non-hydrogen) atoms. The number of methoxy groups -OCH3 is 1. The zero-order valence-corrected chi connectivity index (χ0v) is 16.1. The largest absolute Gasteiger partial charge is 0.496 e. The molecular weight excluding hydrogens is 350 g/mol. The molecule has 0 aliphatic carbocycles. The molecule has 6 nitrogen and oxygen atoms in total. The smallest absolute Gasteiger partial charge is 0.317 e. The Kier molecular flexibility index (Phi) is 6.46. The highest BCUT2D eigenvalue weighted by atomic mass is 32.1. The van der Waals surface area contributed by atoms with Crippen molar-refractivity contribution in [3.63, 3.8) is 0 Å². The Morgan fingerprint density at radius 2 is 2.31 bits per heavy atom. The second-order valence-corrected chi connectivity index (χ2v) is 7.28. The SMILES string of the molecule is CCN(CC1CCCO1)C(=O)NCc1cnc(-c2ccccc2OC)s1. The lowest BCUT2D eigenvalue weighted by molar-refractivity contribution is 0.0826. The van der Waals surface area contributed by atoms with Gasteiger partial charge in [-0.05, 0) is 31.9 Å². The van der Waals surface area contributed by atoms with Gasteiger partial charge in [-0.25, -0.2) is 9.78 Å². The van der Waals surface area contributed by atoms with E-state index in [9.17, 15) is 4.79 Å². The first kappa shape index (κ1) is 18.7. The first-order chi connectivity index (χ1) is 12.7. The molecule has 1 saturated heterocycles. The summed E-state index contributed by atoms with van der Waals surface area (Å²) in [5.41, 5.74) is 0.964. The quantitative estimate of drug-likeness (QED) is 0.804. The maximum absolute atomic E-state index is 12.4. The van der Waals surface area contributed by atoms with Crippen molar-refractivity contribution in [1.82, 2.24) is 15.2 Å². The highest BCUT2D eigenvalue weighted by molar-refractivity contribution is 7.15. The highest BCUT2D eigenvalue weighted by Crippen LogP contribution is 2.32. The minimum Gasteiger partial charge on any atom is -0.496 e. The summed E-state index contributed by atoms with van der Waals surface area (Å²) in [6.45, 7) is 4.57. The Morgan fingerprint density at radius 1 is 1.46 bits per heavy atom. The van der Waals surface area contributed by atoms with E-state index in [1.165, 1.54) is 0 Å². The molecule has 0 spiro atoms. The summed E-state index contributed by atoms with van der Waals surface area (Å²) < 4.78 is 11.0. The number of nitrogens with zero attached hydrogens (tertiary/aromatic N) is 2. The molecule has 1 aliphatic heterocycles. The fourth-order valence-electron chi connectivity index (χ4n) is 3.00. The molecule has 1 atom stereocenters. The van der Waals surface area contributed by atoms with Crippen LogP contribution in [0.25, 0.3) is 10.6 Å². The number of ether oxygens (including phenoxy) is 2. The summed E-state index contributed by atoms with van der Waals surface area (Å²) in [4.78, 5) is 19.7. The first-order valence-corrected chi connectivity index (χ1v) is 9.75. The van der Waals surface area contributed by atoms with Crippen LogP contribution in [0.5, 0.6) is 5.75 Å². The molecule has 1 aliphatic rings. The van der Waals surface area contributed by atoms with Crippen molar-refractivity contribution in [2.24, 2.45) is 0 Å². The average Bonchev–Trinajstić information content (AvgIpc) is 3.36. The third-order valence-electron chi connectivity index (χ3n) is 4.42. The van der Waals surface area contributed by atoms with E-state index in [1.54, 1.807) is 23.3 Å². The second kappa shape index (κ2) is 9.00. The van der Waals surface area contributed by atoms with Crippen LogP contribution in [0.3, 0.4) is 0 Å². The Balaban J connectivity index is 1.57. The summed E-state index contributed by atoms with van der Waals surface area (Å²) >= 11 is 1.56. The lowest BCUT2D eigenvalue weighted by atomic mass is 10.2. The summed E-state index contributed by atoms with van der Waals surface area (Å²) in [7, 11) is 1.65. The van der Waals surface area contributed by atoms with Crippen LogP contribution in [-0.2, 0) is 11.3 Å². The number of carbonyl (C=O) groups is 1. The molecular formula is C19H25N3O3S. The molecule has 1 aromatic carbocycles. The van der Waals surface area contributed by atoms with Crippen molar-refractivity contribution >= 4 is 17.4 Å². The number of rotatable bonds is 7. The molecule has 2 amide bonds. The Labute approximate surface area is 158 Å². The fraction of sp³-hybridized carbons (Fsp3) is 0.474. The van der Waals surface area contributed by atoms with E-state index >= 15 is 0 Å². The van der Waals surface area contributed by atoms with Crippen LogP contribution < -0.4 is 10.1 Å². The third-order valence-corrected chi connectivity index (χ3v) is 5.45. The Hall–Kier alpha value is -2.12. The van der Waals surface area contributed by atoms with Crippen LogP contribution in [0.4, 0.5) is 4.79 Å². The number of amides is 2. The number of hydrogen-bond acceptors (Lipinski definition) is 5. The molecule has 0 saturated carbocycles. The average molecular weight is 375 g/mol. The number of nitrogens with one attached hydrogen (secondary N) is 1. The maximum Gasteiger partial charge on any atom is 0.317 e. The normalized spacial score (nSPS) is 16.5. The van der Waals surface area contributed by atoms with E-state index in [-0.39, 0.29) is 12.1 Å². The van der Waals surface area contributed by atoms with E-state index in [0.717, 1.165) is 40.6 Å². The highest BCUT2D eigenvalue weighted by Gasteiger charge is 2.21. The molecule has 1 unspecified atom stereocenters. The maximum atomic E-state index is 12.4. The van der Waals surface area contributed by atoms with Gasteiger partial charge >= 0.3 is 6.03 Å². The van der Waals surface area contributed by atoms with Gasteiger partial charge in [0.1, 0.15) is 10.8 Å². The Morgan fingerprint density at radius 3 is 3.04 bits per heavy atom. The predicted molar refractivity (Wildman–Crippen MR) is 103 cm³/mol. The number of benzene rings is 1. The van der Waals surface area contributed by atoms with E-state index in [2.05, 4.69) is 10.3 Å². The van der Waals surface area contributed by atoms with Gasteiger partial charge in [0.25, 0.3) is 0 Å². The number of likely N-dealkylation sites (N-methyl/N-ethyl adjacent to an activating group) is 1. The monoisotopic (exact) mass is 375 g/mol. The third kappa shape index (κ3) is 4.53. The zero-order chi connectivity index (χ0) is 18.4. The van der Waals surface area contributed by atoms with Crippen molar-refractivity contribution in [1.29, 1.82) is 0 Å². The van der Waals surface area contributed by atoms with Crippen LogP contribution in [0.15, 0.2) is 30.5 Å². The molecule has 140 valence electrons. The molecule has 1 N–H and O–H groups in total. The van der Waals surface area contributed by atoms with Crippen LogP contribution in [0.1, 0.15) is 24.6 Å². The summed E-state index contributed by atoms with van der Waals surface area (Å²) in [6, 6.07) is 7.74. The molecule has 1 fully saturated rings.